The highest BCUT2D eigenvalue weighted by Gasteiger charge is 2.22. The Labute approximate surface area is 189 Å². The topological polar surface area (TPSA) is 71.2 Å². The number of nitrogens with one attached hydrogen (secondary N) is 1. The molecule has 5 nitrogen and oxygen atoms in total. The number of carbonyl (C=O) groups excluding carboxylic acids is 1. The van der Waals surface area contributed by atoms with Crippen molar-refractivity contribution in [3.63, 3.8) is 0 Å². The molecule has 0 bridgehead atoms. The van der Waals surface area contributed by atoms with Crippen molar-refractivity contribution in [3.05, 3.63) is 71.4 Å². The molecular weight excluding hydrogens is 396 g/mol. The van der Waals surface area contributed by atoms with Crippen LogP contribution in [0.5, 0.6) is 0 Å². The van der Waals surface area contributed by atoms with Crippen LogP contribution >= 0.6 is 0 Å². The number of fused-ring (bicyclic) bond motifs is 1. The van der Waals surface area contributed by atoms with E-state index in [0.29, 0.717) is 18.4 Å². The van der Waals surface area contributed by atoms with Gasteiger partial charge in [0.05, 0.1) is 0 Å². The zero-order chi connectivity index (χ0) is 22.1. The molecule has 5 rings (SSSR count). The summed E-state index contributed by atoms with van der Waals surface area (Å²) in [6.07, 6.45) is 6.52. The molecule has 3 aromatic rings. The average molecular weight is 427 g/mol. The van der Waals surface area contributed by atoms with E-state index in [9.17, 15) is 4.79 Å². The van der Waals surface area contributed by atoms with Crippen molar-refractivity contribution in [1.82, 2.24) is 15.2 Å². The summed E-state index contributed by atoms with van der Waals surface area (Å²) in [4.78, 5) is 19.1. The summed E-state index contributed by atoms with van der Waals surface area (Å²) < 4.78 is 0. The van der Waals surface area contributed by atoms with E-state index in [-0.39, 0.29) is 5.91 Å². The molecule has 3 heterocycles. The molecule has 2 aromatic carbocycles. The number of piperidine rings is 1. The first-order valence-electron chi connectivity index (χ1n) is 11.7. The number of nitrogen functional groups attached to an aromatic ring is 1. The third-order valence-corrected chi connectivity index (χ3v) is 6.91. The molecule has 2 aliphatic heterocycles. The lowest BCUT2D eigenvalue weighted by atomic mass is 9.92. The SMILES string of the molecule is CCN1CCCCC1c1ccc(-c2cnc(N)c(-c3ccc4c(c3)CCNC4=O)c2)cc1. The van der Waals surface area contributed by atoms with Crippen molar-refractivity contribution in [2.24, 2.45) is 0 Å². The Balaban J connectivity index is 1.45. The number of nitrogens with zero attached hydrogens (tertiary/aromatic N) is 2. The Kier molecular flexibility index (Phi) is 5.66. The monoisotopic (exact) mass is 426 g/mol. The number of pyridine rings is 1. The van der Waals surface area contributed by atoms with Gasteiger partial charge >= 0.3 is 0 Å². The number of benzene rings is 2. The molecule has 0 radical (unpaired) electrons. The van der Waals surface area contributed by atoms with Crippen molar-refractivity contribution in [3.8, 4) is 22.3 Å². The molecule has 1 saturated heterocycles. The third kappa shape index (κ3) is 3.89. The van der Waals surface area contributed by atoms with Crippen molar-refractivity contribution in [1.29, 1.82) is 0 Å². The number of likely N-dealkylation sites (tertiary alicyclic amines) is 1. The lowest BCUT2D eigenvalue weighted by molar-refractivity contribution is 0.0946. The number of hydrogen-bond donors (Lipinski definition) is 2. The molecule has 1 aromatic heterocycles. The van der Waals surface area contributed by atoms with Crippen LogP contribution in [0.1, 0.15) is 53.7 Å². The number of amides is 1. The van der Waals surface area contributed by atoms with Gasteiger partial charge in [0.25, 0.3) is 5.91 Å². The quantitative estimate of drug-likeness (QED) is 0.627. The minimum atomic E-state index is -0.00246. The van der Waals surface area contributed by atoms with E-state index >= 15 is 0 Å². The lowest BCUT2D eigenvalue weighted by Crippen LogP contribution is -2.33. The number of anilines is 1. The van der Waals surface area contributed by atoms with Crippen LogP contribution in [0.25, 0.3) is 22.3 Å². The standard InChI is InChI=1S/C27H30N4O/c1-2-31-14-4-3-5-25(31)19-8-6-18(7-9-19)22-16-24(26(28)30-17-22)20-10-11-23-21(15-20)12-13-29-27(23)32/h6-11,15-17,25H,2-5,12-14H2,1H3,(H2,28,30)(H,29,32). The molecule has 2 aliphatic rings. The molecule has 0 spiro atoms. The van der Waals surface area contributed by atoms with Crippen LogP contribution in [0.2, 0.25) is 0 Å². The maximum atomic E-state index is 12.1. The summed E-state index contributed by atoms with van der Waals surface area (Å²) in [6.45, 7) is 5.21. The predicted molar refractivity (Wildman–Crippen MR) is 129 cm³/mol. The second kappa shape index (κ2) is 8.75. The fraction of sp³-hybridized carbons (Fsp3) is 0.333. The maximum Gasteiger partial charge on any atom is 0.251 e. The van der Waals surface area contributed by atoms with Crippen LogP contribution in [0.15, 0.2) is 54.7 Å². The molecule has 5 heteroatoms. The normalized spacial score (nSPS) is 18.8. The highest BCUT2D eigenvalue weighted by molar-refractivity contribution is 5.97. The Morgan fingerprint density at radius 1 is 1.03 bits per heavy atom. The van der Waals surface area contributed by atoms with Crippen molar-refractivity contribution < 1.29 is 4.79 Å². The van der Waals surface area contributed by atoms with Crippen LogP contribution in [0.4, 0.5) is 5.82 Å². The lowest BCUT2D eigenvalue weighted by Gasteiger charge is -2.35. The fourth-order valence-electron chi connectivity index (χ4n) is 5.10. The predicted octanol–water partition coefficient (Wildman–Crippen LogP) is 4.83. The number of rotatable bonds is 4. The van der Waals surface area contributed by atoms with Crippen LogP contribution in [-0.4, -0.2) is 35.4 Å². The summed E-state index contributed by atoms with van der Waals surface area (Å²) in [5, 5.41) is 2.89. The summed E-state index contributed by atoms with van der Waals surface area (Å²) >= 11 is 0. The highest BCUT2D eigenvalue weighted by Crippen LogP contribution is 2.34. The van der Waals surface area contributed by atoms with Gasteiger partial charge < -0.3 is 11.1 Å². The van der Waals surface area contributed by atoms with Crippen LogP contribution in [-0.2, 0) is 6.42 Å². The molecule has 32 heavy (non-hydrogen) atoms. The van der Waals surface area contributed by atoms with Gasteiger partial charge in [0, 0.05) is 35.5 Å². The van der Waals surface area contributed by atoms with Crippen molar-refractivity contribution in [2.45, 2.75) is 38.6 Å². The van der Waals surface area contributed by atoms with Gasteiger partial charge in [-0.1, -0.05) is 49.7 Å². The minimum absolute atomic E-state index is 0.00246. The summed E-state index contributed by atoms with van der Waals surface area (Å²) in [6, 6.07) is 17.5. The summed E-state index contributed by atoms with van der Waals surface area (Å²) in [5.74, 6) is 0.503. The van der Waals surface area contributed by atoms with E-state index in [1.54, 1.807) is 0 Å². The maximum absolute atomic E-state index is 12.1. The van der Waals surface area contributed by atoms with Gasteiger partial charge in [0.15, 0.2) is 0 Å². The highest BCUT2D eigenvalue weighted by atomic mass is 16.1. The molecule has 1 unspecified atom stereocenters. The van der Waals surface area contributed by atoms with Crippen LogP contribution < -0.4 is 11.1 Å². The average Bonchev–Trinajstić information content (AvgIpc) is 2.84. The van der Waals surface area contributed by atoms with E-state index in [1.165, 1.54) is 31.4 Å². The molecular formula is C27H30N4O. The van der Waals surface area contributed by atoms with Gasteiger partial charge in [-0.15, -0.1) is 0 Å². The number of nitrogens with two attached hydrogens (primary N) is 1. The molecule has 0 saturated carbocycles. The zero-order valence-corrected chi connectivity index (χ0v) is 18.6. The fourth-order valence-corrected chi connectivity index (χ4v) is 5.10. The first-order valence-corrected chi connectivity index (χ1v) is 11.7. The molecule has 1 amide bonds. The van der Waals surface area contributed by atoms with Crippen molar-refractivity contribution >= 4 is 11.7 Å². The van der Waals surface area contributed by atoms with E-state index in [1.807, 2.05) is 18.3 Å². The van der Waals surface area contributed by atoms with E-state index < -0.39 is 0 Å². The Morgan fingerprint density at radius 2 is 1.84 bits per heavy atom. The number of carbonyl (C=O) groups is 1. The number of hydrogen-bond acceptors (Lipinski definition) is 4. The first kappa shape index (κ1) is 20.7. The van der Waals surface area contributed by atoms with E-state index in [2.05, 4.69) is 58.5 Å². The van der Waals surface area contributed by atoms with Crippen LogP contribution in [0, 0.1) is 0 Å². The second-order valence-electron chi connectivity index (χ2n) is 8.80. The molecule has 164 valence electrons. The molecule has 3 N–H and O–H groups in total. The minimum Gasteiger partial charge on any atom is -0.383 e. The van der Waals surface area contributed by atoms with E-state index in [4.69, 9.17) is 5.73 Å². The second-order valence-corrected chi connectivity index (χ2v) is 8.80. The Hall–Kier alpha value is -3.18. The third-order valence-electron chi connectivity index (χ3n) is 6.91. The molecule has 1 atom stereocenters. The van der Waals surface area contributed by atoms with E-state index in [0.717, 1.165) is 46.3 Å². The largest absolute Gasteiger partial charge is 0.383 e. The Bertz CT molecular complexity index is 1140. The van der Waals surface area contributed by atoms with Gasteiger partial charge in [-0.3, -0.25) is 9.69 Å². The molecule has 0 aliphatic carbocycles. The first-order chi connectivity index (χ1) is 15.6. The Morgan fingerprint density at radius 3 is 2.66 bits per heavy atom. The zero-order valence-electron chi connectivity index (χ0n) is 18.6. The smallest absolute Gasteiger partial charge is 0.251 e. The van der Waals surface area contributed by atoms with Gasteiger partial charge in [0.1, 0.15) is 5.82 Å². The summed E-state index contributed by atoms with van der Waals surface area (Å²) in [5.41, 5.74) is 13.6. The molecule has 1 fully saturated rings. The van der Waals surface area contributed by atoms with Crippen LogP contribution in [0.3, 0.4) is 0 Å². The van der Waals surface area contributed by atoms with Crippen molar-refractivity contribution in [2.75, 3.05) is 25.4 Å². The number of aromatic nitrogens is 1. The summed E-state index contributed by atoms with van der Waals surface area (Å²) in [7, 11) is 0. The van der Waals surface area contributed by atoms with Gasteiger partial charge in [0.2, 0.25) is 0 Å². The van der Waals surface area contributed by atoms with Gasteiger partial charge in [-0.25, -0.2) is 4.98 Å². The van der Waals surface area contributed by atoms with Gasteiger partial charge in [-0.2, -0.15) is 0 Å². The van der Waals surface area contributed by atoms with Gasteiger partial charge in [-0.05, 0) is 66.7 Å².